The summed E-state index contributed by atoms with van der Waals surface area (Å²) < 4.78 is 15.4. The average Bonchev–Trinajstić information content (AvgIpc) is 3.87. The van der Waals surface area contributed by atoms with Gasteiger partial charge in [0, 0.05) is 27.3 Å². The maximum atomic E-state index is 6.71. The molecule has 5 nitrogen and oxygen atoms in total. The lowest BCUT2D eigenvalue weighted by Gasteiger charge is -2.29. The standard InChI is InChI=1S/C51H37N3O2.C5H8/c1-32-14-4-2-7-17-34-18-13-23-38(49(34)55-32)37-20-12-19-35(30-37)36-26-27-42-45(31-36)54(44-29-28-40-39-21-9-11-25-46(39)56-50(40)47(42)44)51-52-43-24-10-8-22-41(43)48(53-51)33-15-5-3-6-16-33;1-3-5-4-2/h2-16,18-25,28-31,48H,1,17,26-27H2,(H,52,53);3-5H,1H2,2H3/b7-2-,14-4-;5-4-. The van der Waals surface area contributed by atoms with Crippen LogP contribution in [-0.2, 0) is 12.8 Å². The minimum absolute atomic E-state index is 0.0643. The zero-order valence-corrected chi connectivity index (χ0v) is 34.1. The fourth-order valence-corrected chi connectivity index (χ4v) is 8.93. The van der Waals surface area contributed by atoms with Crippen molar-refractivity contribution in [3.63, 3.8) is 0 Å². The molecule has 1 unspecified atom stereocenters. The molecule has 1 N–H and O–H groups in total. The second kappa shape index (κ2) is 16.2. The summed E-state index contributed by atoms with van der Waals surface area (Å²) in [6, 6.07) is 47.1. The molecular weight excluding hydrogens is 747 g/mol. The molecule has 296 valence electrons. The molecule has 0 bridgehead atoms. The molecule has 0 fully saturated rings. The van der Waals surface area contributed by atoms with Gasteiger partial charge in [0.05, 0.1) is 22.9 Å². The summed E-state index contributed by atoms with van der Waals surface area (Å²) in [6.45, 7) is 9.58. The minimum atomic E-state index is -0.0643. The second-order valence-electron chi connectivity index (χ2n) is 15.5. The molecule has 0 radical (unpaired) electrons. The minimum Gasteiger partial charge on any atom is -0.457 e. The van der Waals surface area contributed by atoms with Crippen LogP contribution in [-0.4, -0.2) is 10.5 Å². The van der Waals surface area contributed by atoms with Gasteiger partial charge in [0.2, 0.25) is 5.96 Å². The molecule has 4 heterocycles. The lowest BCUT2D eigenvalue weighted by molar-refractivity contribution is 0.444. The first-order valence-electron chi connectivity index (χ1n) is 20.9. The molecule has 11 rings (SSSR count). The highest BCUT2D eigenvalue weighted by atomic mass is 16.5. The number of rotatable bonds is 4. The molecule has 5 heteroatoms. The van der Waals surface area contributed by atoms with Crippen molar-refractivity contribution in [2.75, 3.05) is 0 Å². The topological polar surface area (TPSA) is 51.7 Å². The molecule has 6 aromatic carbocycles. The Bertz CT molecular complexity index is 3170. The van der Waals surface area contributed by atoms with Gasteiger partial charge in [0.1, 0.15) is 22.7 Å². The monoisotopic (exact) mass is 791 g/mol. The number of benzene rings is 6. The normalized spacial score (nSPS) is 16.7. The molecule has 0 saturated heterocycles. The van der Waals surface area contributed by atoms with Crippen LogP contribution in [0.2, 0.25) is 0 Å². The first-order chi connectivity index (χ1) is 30.1. The van der Waals surface area contributed by atoms with E-state index in [2.05, 4.69) is 163 Å². The van der Waals surface area contributed by atoms with E-state index in [4.69, 9.17) is 14.1 Å². The zero-order chi connectivity index (χ0) is 41.3. The van der Waals surface area contributed by atoms with E-state index in [1.54, 1.807) is 6.08 Å². The fraction of sp³-hybridized carbons (Fsp3) is 0.0893. The molecule has 8 aromatic rings. The summed E-state index contributed by atoms with van der Waals surface area (Å²) in [5.41, 5.74) is 14.4. The maximum absolute atomic E-state index is 6.71. The van der Waals surface area contributed by atoms with E-state index in [0.29, 0.717) is 5.76 Å². The van der Waals surface area contributed by atoms with Crippen molar-refractivity contribution in [2.24, 2.45) is 4.99 Å². The van der Waals surface area contributed by atoms with Gasteiger partial charge in [-0.25, -0.2) is 4.99 Å². The summed E-state index contributed by atoms with van der Waals surface area (Å²) in [5.74, 6) is 2.27. The largest absolute Gasteiger partial charge is 0.457 e. The lowest BCUT2D eigenvalue weighted by atomic mass is 9.89. The van der Waals surface area contributed by atoms with E-state index >= 15 is 0 Å². The molecule has 0 spiro atoms. The van der Waals surface area contributed by atoms with Gasteiger partial charge in [-0.2, -0.15) is 0 Å². The van der Waals surface area contributed by atoms with Gasteiger partial charge in [0.15, 0.2) is 0 Å². The van der Waals surface area contributed by atoms with Crippen LogP contribution in [0.3, 0.4) is 0 Å². The predicted octanol–water partition coefficient (Wildman–Crippen LogP) is 14.2. The third-order valence-electron chi connectivity index (χ3n) is 11.7. The Morgan fingerprint density at radius 3 is 2.49 bits per heavy atom. The van der Waals surface area contributed by atoms with Crippen LogP contribution in [0.25, 0.3) is 55.6 Å². The van der Waals surface area contributed by atoms with Crippen LogP contribution in [0, 0.1) is 0 Å². The molecule has 0 amide bonds. The number of nitrogens with zero attached hydrogens (tertiary/aromatic N) is 2. The van der Waals surface area contributed by atoms with Gasteiger partial charge < -0.3 is 14.5 Å². The molecule has 2 aromatic heterocycles. The molecule has 1 aliphatic carbocycles. The fourth-order valence-electron chi connectivity index (χ4n) is 8.93. The summed E-state index contributed by atoms with van der Waals surface area (Å²) in [5, 5.41) is 7.31. The first kappa shape index (κ1) is 37.6. The van der Waals surface area contributed by atoms with E-state index in [1.165, 1.54) is 22.3 Å². The van der Waals surface area contributed by atoms with Crippen LogP contribution >= 0.6 is 0 Å². The number of aliphatic imine (C=N–C) groups is 1. The molecule has 0 saturated carbocycles. The number of para-hydroxylation sites is 3. The maximum Gasteiger partial charge on any atom is 0.209 e. The summed E-state index contributed by atoms with van der Waals surface area (Å²) in [6.07, 6.45) is 18.6. The highest BCUT2D eigenvalue weighted by Crippen LogP contribution is 2.44. The molecule has 3 aliphatic rings. The van der Waals surface area contributed by atoms with Crippen LogP contribution in [0.1, 0.15) is 52.9 Å². The number of fused-ring (bicyclic) bond motifs is 9. The van der Waals surface area contributed by atoms with Gasteiger partial charge in [-0.15, -0.1) is 0 Å². The molecule has 61 heavy (non-hydrogen) atoms. The van der Waals surface area contributed by atoms with Crippen molar-refractivity contribution < 1.29 is 9.15 Å². The lowest BCUT2D eigenvalue weighted by Crippen LogP contribution is -2.37. The number of aromatic nitrogens is 1. The Morgan fingerprint density at radius 1 is 0.803 bits per heavy atom. The quantitative estimate of drug-likeness (QED) is 0.181. The van der Waals surface area contributed by atoms with Crippen molar-refractivity contribution >= 4 is 56.1 Å². The van der Waals surface area contributed by atoms with Crippen LogP contribution in [0.4, 0.5) is 5.69 Å². The SMILES string of the molecule is C=C/C=C\C.C=C1/C=C\C=C/Cc2cccc(-c3cccc(C4=Cc5c(c6c7oc8ccccc8c7ccc6n5C5=Nc6ccccc6C(c6ccccc6)N5)CC4)c3)c2O1. The van der Waals surface area contributed by atoms with Crippen LogP contribution in [0.5, 0.6) is 5.75 Å². The third kappa shape index (κ3) is 6.94. The Kier molecular flexibility index (Phi) is 9.99. The first-order valence-corrected chi connectivity index (χ1v) is 20.9. The van der Waals surface area contributed by atoms with Crippen molar-refractivity contribution in [3.05, 3.63) is 228 Å². The van der Waals surface area contributed by atoms with E-state index in [0.717, 1.165) is 97.4 Å². The highest BCUT2D eigenvalue weighted by molar-refractivity contribution is 6.18. The van der Waals surface area contributed by atoms with Gasteiger partial charge in [-0.05, 0) is 102 Å². The van der Waals surface area contributed by atoms with E-state index < -0.39 is 0 Å². The third-order valence-corrected chi connectivity index (χ3v) is 11.7. The smallest absolute Gasteiger partial charge is 0.209 e. The average molecular weight is 792 g/mol. The Morgan fingerprint density at radius 2 is 1.62 bits per heavy atom. The summed E-state index contributed by atoms with van der Waals surface area (Å²) in [7, 11) is 0. The van der Waals surface area contributed by atoms with E-state index in [-0.39, 0.29) is 6.04 Å². The predicted molar refractivity (Wildman–Crippen MR) is 254 cm³/mol. The Hall–Kier alpha value is -7.63. The summed E-state index contributed by atoms with van der Waals surface area (Å²) in [4.78, 5) is 5.34. The Labute approximate surface area is 356 Å². The Balaban J connectivity index is 0.000000845. The van der Waals surface area contributed by atoms with Crippen molar-refractivity contribution in [1.82, 2.24) is 9.88 Å². The number of allylic oxidation sites excluding steroid dienone is 8. The van der Waals surface area contributed by atoms with E-state index in [9.17, 15) is 0 Å². The number of nitrogens with one attached hydrogen (secondary N) is 1. The van der Waals surface area contributed by atoms with Crippen molar-refractivity contribution in [3.8, 4) is 16.9 Å². The molecule has 2 aliphatic heterocycles. The highest BCUT2D eigenvalue weighted by Gasteiger charge is 2.30. The van der Waals surface area contributed by atoms with Crippen LogP contribution in [0.15, 0.2) is 204 Å². The van der Waals surface area contributed by atoms with Gasteiger partial charge >= 0.3 is 0 Å². The van der Waals surface area contributed by atoms with Gasteiger partial charge in [-0.3, -0.25) is 4.57 Å². The second-order valence-corrected chi connectivity index (χ2v) is 15.5. The van der Waals surface area contributed by atoms with Gasteiger partial charge in [-0.1, -0.05) is 153 Å². The van der Waals surface area contributed by atoms with Gasteiger partial charge in [0.25, 0.3) is 0 Å². The van der Waals surface area contributed by atoms with Crippen molar-refractivity contribution in [2.45, 2.75) is 32.2 Å². The number of ether oxygens (including phenoxy) is 1. The number of aryl methyl sites for hydroxylation is 1. The summed E-state index contributed by atoms with van der Waals surface area (Å²) >= 11 is 0. The van der Waals surface area contributed by atoms with Crippen molar-refractivity contribution in [1.29, 1.82) is 0 Å². The van der Waals surface area contributed by atoms with E-state index in [1.807, 2.05) is 43.4 Å². The molecule has 1 atom stereocenters. The molecular formula is C56H45N3O2. The number of furan rings is 1. The number of hydrogen-bond acceptors (Lipinski definition) is 4. The van der Waals surface area contributed by atoms with Crippen LogP contribution < -0.4 is 10.1 Å². The number of hydrogen-bond donors (Lipinski definition) is 1. The zero-order valence-electron chi connectivity index (χ0n) is 34.1.